The molecule has 0 fully saturated rings. The van der Waals surface area contributed by atoms with Crippen molar-refractivity contribution in [2.24, 2.45) is 0 Å². The average Bonchev–Trinajstić information content (AvgIpc) is 2.66. The molecular formula is C19H19FN4OS. The molecule has 0 bridgehead atoms. The van der Waals surface area contributed by atoms with Gasteiger partial charge in [0.05, 0.1) is 12.8 Å². The molecule has 0 unspecified atom stereocenters. The Hall–Kier alpha value is -2.67. The lowest BCUT2D eigenvalue weighted by Crippen LogP contribution is -1.99. The average molecular weight is 370 g/mol. The molecule has 1 N–H and O–H groups in total. The predicted molar refractivity (Wildman–Crippen MR) is 103 cm³/mol. The summed E-state index contributed by atoms with van der Waals surface area (Å²) in [6.07, 6.45) is 3.23. The first-order valence-corrected chi connectivity index (χ1v) is 9.30. The fraction of sp³-hybridized carbons (Fsp3) is 0.211. The molecule has 0 saturated carbocycles. The van der Waals surface area contributed by atoms with Crippen LogP contribution in [0.5, 0.6) is 5.75 Å². The Labute approximate surface area is 156 Å². The standard InChI is InChI=1S/C19H19FN4OS/c1-3-26-11-13-6-7-21-18(8-13)24-19-10-16(22-12-23-19)15-5-4-14(20)9-17(15)25-2/h4-10,12H,3,11H2,1-2H3,(H,21,22,23,24). The van der Waals surface area contributed by atoms with Crippen molar-refractivity contribution in [2.45, 2.75) is 12.7 Å². The highest BCUT2D eigenvalue weighted by atomic mass is 32.2. The van der Waals surface area contributed by atoms with Crippen LogP contribution in [-0.2, 0) is 5.75 Å². The molecule has 134 valence electrons. The van der Waals surface area contributed by atoms with Crippen LogP contribution >= 0.6 is 11.8 Å². The molecule has 0 saturated heterocycles. The topological polar surface area (TPSA) is 59.9 Å². The minimum absolute atomic E-state index is 0.357. The second-order valence-corrected chi connectivity index (χ2v) is 6.72. The minimum atomic E-state index is -0.357. The van der Waals surface area contributed by atoms with Crippen molar-refractivity contribution >= 4 is 23.4 Å². The Morgan fingerprint density at radius 1 is 1.08 bits per heavy atom. The first-order valence-electron chi connectivity index (χ1n) is 8.15. The Morgan fingerprint density at radius 2 is 1.92 bits per heavy atom. The van der Waals surface area contributed by atoms with Gasteiger partial charge in [0.1, 0.15) is 29.5 Å². The highest BCUT2D eigenvalue weighted by Gasteiger charge is 2.10. The number of nitrogens with one attached hydrogen (secondary N) is 1. The third-order valence-corrected chi connectivity index (χ3v) is 4.61. The van der Waals surface area contributed by atoms with Crippen LogP contribution in [0.15, 0.2) is 48.9 Å². The minimum Gasteiger partial charge on any atom is -0.496 e. The summed E-state index contributed by atoms with van der Waals surface area (Å²) in [5, 5.41) is 3.19. The summed E-state index contributed by atoms with van der Waals surface area (Å²) in [4.78, 5) is 12.8. The third kappa shape index (κ3) is 4.49. The van der Waals surface area contributed by atoms with E-state index in [4.69, 9.17) is 4.74 Å². The molecule has 0 radical (unpaired) electrons. The number of nitrogens with zero attached hydrogens (tertiary/aromatic N) is 3. The smallest absolute Gasteiger partial charge is 0.135 e. The maximum absolute atomic E-state index is 13.4. The lowest BCUT2D eigenvalue weighted by Gasteiger charge is -2.10. The summed E-state index contributed by atoms with van der Waals surface area (Å²) in [6.45, 7) is 2.14. The molecule has 26 heavy (non-hydrogen) atoms. The normalized spacial score (nSPS) is 10.6. The number of halogens is 1. The number of rotatable bonds is 7. The highest BCUT2D eigenvalue weighted by Crippen LogP contribution is 2.30. The number of aromatic nitrogens is 3. The van der Waals surface area contributed by atoms with Gasteiger partial charge in [-0.05, 0) is 35.6 Å². The van der Waals surface area contributed by atoms with Crippen molar-refractivity contribution in [3.05, 3.63) is 60.3 Å². The highest BCUT2D eigenvalue weighted by molar-refractivity contribution is 7.98. The summed E-state index contributed by atoms with van der Waals surface area (Å²) in [5.74, 6) is 3.40. The van der Waals surface area contributed by atoms with Crippen molar-refractivity contribution in [3.63, 3.8) is 0 Å². The molecule has 0 aliphatic heterocycles. The fourth-order valence-corrected chi connectivity index (χ4v) is 3.05. The summed E-state index contributed by atoms with van der Waals surface area (Å²) in [6, 6.07) is 10.1. The van der Waals surface area contributed by atoms with Gasteiger partial charge in [0, 0.05) is 29.6 Å². The Kier molecular flexibility index (Phi) is 6.01. The van der Waals surface area contributed by atoms with Crippen LogP contribution in [-0.4, -0.2) is 27.8 Å². The van der Waals surface area contributed by atoms with E-state index in [1.165, 1.54) is 31.1 Å². The van der Waals surface area contributed by atoms with E-state index in [0.29, 0.717) is 22.8 Å². The zero-order valence-electron chi connectivity index (χ0n) is 14.6. The molecule has 5 nitrogen and oxygen atoms in total. The number of benzene rings is 1. The van der Waals surface area contributed by atoms with Crippen LogP contribution in [0.2, 0.25) is 0 Å². The van der Waals surface area contributed by atoms with E-state index >= 15 is 0 Å². The molecule has 0 aliphatic carbocycles. The first kappa shape index (κ1) is 18.1. The van der Waals surface area contributed by atoms with E-state index in [0.717, 1.165) is 17.3 Å². The van der Waals surface area contributed by atoms with Crippen molar-refractivity contribution in [1.82, 2.24) is 15.0 Å². The van der Waals surface area contributed by atoms with E-state index < -0.39 is 0 Å². The monoisotopic (exact) mass is 370 g/mol. The lowest BCUT2D eigenvalue weighted by atomic mass is 10.1. The molecular weight excluding hydrogens is 351 g/mol. The van der Waals surface area contributed by atoms with Gasteiger partial charge in [-0.15, -0.1) is 0 Å². The SMILES string of the molecule is CCSCc1ccnc(Nc2cc(-c3ccc(F)cc3OC)ncn2)c1. The summed E-state index contributed by atoms with van der Waals surface area (Å²) >= 11 is 1.86. The van der Waals surface area contributed by atoms with Crippen LogP contribution in [0.4, 0.5) is 16.0 Å². The molecule has 3 aromatic rings. The van der Waals surface area contributed by atoms with Gasteiger partial charge in [-0.1, -0.05) is 6.92 Å². The van der Waals surface area contributed by atoms with Crippen molar-refractivity contribution in [1.29, 1.82) is 0 Å². The third-order valence-electron chi connectivity index (χ3n) is 3.66. The number of hydrogen-bond acceptors (Lipinski definition) is 6. The summed E-state index contributed by atoms with van der Waals surface area (Å²) in [7, 11) is 1.50. The molecule has 0 spiro atoms. The van der Waals surface area contributed by atoms with Gasteiger partial charge in [0.15, 0.2) is 0 Å². The lowest BCUT2D eigenvalue weighted by molar-refractivity contribution is 0.413. The van der Waals surface area contributed by atoms with E-state index in [1.807, 2.05) is 23.9 Å². The summed E-state index contributed by atoms with van der Waals surface area (Å²) < 4.78 is 18.7. The quantitative estimate of drug-likeness (QED) is 0.651. The van der Waals surface area contributed by atoms with Gasteiger partial charge in [-0.3, -0.25) is 0 Å². The van der Waals surface area contributed by atoms with Gasteiger partial charge in [0.2, 0.25) is 0 Å². The zero-order chi connectivity index (χ0) is 18.4. The molecule has 0 aliphatic rings. The van der Waals surface area contributed by atoms with Gasteiger partial charge in [0.25, 0.3) is 0 Å². The second-order valence-electron chi connectivity index (χ2n) is 5.44. The molecule has 3 rings (SSSR count). The zero-order valence-corrected chi connectivity index (χ0v) is 15.4. The molecule has 2 heterocycles. The number of hydrogen-bond donors (Lipinski definition) is 1. The second kappa shape index (κ2) is 8.62. The molecule has 2 aromatic heterocycles. The van der Waals surface area contributed by atoms with Crippen molar-refractivity contribution in [3.8, 4) is 17.0 Å². The van der Waals surface area contributed by atoms with Crippen LogP contribution in [0.1, 0.15) is 12.5 Å². The Bertz CT molecular complexity index is 891. The van der Waals surface area contributed by atoms with Crippen LogP contribution < -0.4 is 10.1 Å². The number of ether oxygens (including phenoxy) is 1. The van der Waals surface area contributed by atoms with E-state index in [-0.39, 0.29) is 5.82 Å². The molecule has 0 amide bonds. The number of thioether (sulfide) groups is 1. The maximum atomic E-state index is 13.4. The first-order chi connectivity index (χ1) is 12.7. The van der Waals surface area contributed by atoms with Crippen LogP contribution in [0, 0.1) is 5.82 Å². The predicted octanol–water partition coefficient (Wildman–Crippen LogP) is 4.68. The number of methoxy groups -OCH3 is 1. The van der Waals surface area contributed by atoms with E-state index in [1.54, 1.807) is 18.3 Å². The fourth-order valence-electron chi connectivity index (χ4n) is 2.43. The van der Waals surface area contributed by atoms with Crippen molar-refractivity contribution in [2.75, 3.05) is 18.2 Å². The Morgan fingerprint density at radius 3 is 2.73 bits per heavy atom. The molecule has 0 atom stereocenters. The van der Waals surface area contributed by atoms with E-state index in [9.17, 15) is 4.39 Å². The molecule has 1 aromatic carbocycles. The Balaban J connectivity index is 1.84. The largest absolute Gasteiger partial charge is 0.496 e. The molecule has 7 heteroatoms. The van der Waals surface area contributed by atoms with Gasteiger partial charge >= 0.3 is 0 Å². The number of pyridine rings is 1. The van der Waals surface area contributed by atoms with Crippen LogP contribution in [0.3, 0.4) is 0 Å². The van der Waals surface area contributed by atoms with Crippen molar-refractivity contribution < 1.29 is 9.13 Å². The summed E-state index contributed by atoms with van der Waals surface area (Å²) in [5.41, 5.74) is 2.53. The van der Waals surface area contributed by atoms with Gasteiger partial charge in [-0.25, -0.2) is 19.3 Å². The van der Waals surface area contributed by atoms with E-state index in [2.05, 4.69) is 27.2 Å². The van der Waals surface area contributed by atoms with Gasteiger partial charge < -0.3 is 10.1 Å². The maximum Gasteiger partial charge on any atom is 0.135 e. The van der Waals surface area contributed by atoms with Gasteiger partial charge in [-0.2, -0.15) is 11.8 Å². The number of anilines is 2. The van der Waals surface area contributed by atoms with Crippen LogP contribution in [0.25, 0.3) is 11.3 Å².